The van der Waals surface area contributed by atoms with Crippen LogP contribution in [0.3, 0.4) is 0 Å². The molecule has 0 aromatic rings. The second-order valence-electron chi connectivity index (χ2n) is 9.73. The molecule has 0 heteroatoms. The van der Waals surface area contributed by atoms with E-state index in [1.807, 2.05) is 0 Å². The maximum atomic E-state index is 2.47. The zero-order chi connectivity index (χ0) is 14.3. The maximum absolute atomic E-state index is 2.47. The van der Waals surface area contributed by atoms with Crippen LogP contribution in [-0.2, 0) is 0 Å². The average Bonchev–Trinajstić information content (AvgIpc) is 2.08. The number of hydrogen-bond donors (Lipinski definition) is 0. The molecule has 0 unspecified atom stereocenters. The molecule has 3 rings (SSSR count). The van der Waals surface area contributed by atoms with Crippen LogP contribution in [0.4, 0.5) is 0 Å². The Kier molecular flexibility index (Phi) is 4.38. The minimum atomic E-state index is 0.516. The largest absolute Gasteiger partial charge is 0.0599 e. The zero-order valence-electron chi connectivity index (χ0n) is 14.3. The molecule has 0 heterocycles. The molecule has 3 aliphatic carbocycles. The van der Waals surface area contributed by atoms with Crippen molar-refractivity contribution in [3.8, 4) is 0 Å². The van der Waals surface area contributed by atoms with Gasteiger partial charge in [0.2, 0.25) is 0 Å². The first-order chi connectivity index (χ1) is 8.66. The van der Waals surface area contributed by atoms with Gasteiger partial charge in [-0.15, -0.1) is 0 Å². The highest BCUT2D eigenvalue weighted by Gasteiger charge is 2.38. The molecule has 112 valence electrons. The first kappa shape index (κ1) is 15.4. The quantitative estimate of drug-likeness (QED) is 0.481. The summed E-state index contributed by atoms with van der Waals surface area (Å²) >= 11 is 0. The fourth-order valence-electron chi connectivity index (χ4n) is 4.58. The van der Waals surface area contributed by atoms with E-state index in [9.17, 15) is 0 Å². The summed E-state index contributed by atoms with van der Waals surface area (Å²) in [6.45, 7) is 14.8. The van der Waals surface area contributed by atoms with Crippen LogP contribution in [0.1, 0.15) is 86.5 Å². The van der Waals surface area contributed by atoms with E-state index in [0.717, 1.165) is 23.7 Å². The highest BCUT2D eigenvalue weighted by molar-refractivity contribution is 4.89. The second kappa shape index (κ2) is 5.41. The summed E-state index contributed by atoms with van der Waals surface area (Å²) in [7, 11) is 0. The molecule has 0 aromatic carbocycles. The summed E-state index contributed by atoms with van der Waals surface area (Å²) < 4.78 is 0. The van der Waals surface area contributed by atoms with Gasteiger partial charge in [-0.05, 0) is 60.2 Å². The minimum Gasteiger partial charge on any atom is -0.0599 e. The van der Waals surface area contributed by atoms with Crippen LogP contribution in [-0.4, -0.2) is 0 Å². The Morgan fingerprint density at radius 3 is 1.16 bits per heavy atom. The fraction of sp³-hybridized carbons (Fsp3) is 1.00. The standard InChI is InChI=1S/C19H36/c1-18(2,3)16-10-14-8-7-9-15(11-16)13-17(12-14)19(4,5)6/h14-17H,7-13H2,1-6H3. The molecule has 3 saturated carbocycles. The Morgan fingerprint density at radius 1 is 0.579 bits per heavy atom. The topological polar surface area (TPSA) is 0 Å². The van der Waals surface area contributed by atoms with E-state index >= 15 is 0 Å². The molecule has 0 amide bonds. The smallest absolute Gasteiger partial charge is 0.0354 e. The zero-order valence-corrected chi connectivity index (χ0v) is 14.3. The molecule has 3 aliphatic rings. The van der Waals surface area contributed by atoms with Crippen molar-refractivity contribution in [2.24, 2.45) is 34.5 Å². The van der Waals surface area contributed by atoms with E-state index in [1.54, 1.807) is 0 Å². The second-order valence-corrected chi connectivity index (χ2v) is 9.73. The van der Waals surface area contributed by atoms with Crippen molar-refractivity contribution in [1.82, 2.24) is 0 Å². The Hall–Kier alpha value is 0. The lowest BCUT2D eigenvalue weighted by Gasteiger charge is -2.45. The third-order valence-electron chi connectivity index (χ3n) is 6.15. The molecule has 0 atom stereocenters. The monoisotopic (exact) mass is 264 g/mol. The van der Waals surface area contributed by atoms with Gasteiger partial charge >= 0.3 is 0 Å². The predicted molar refractivity (Wildman–Crippen MR) is 85.2 cm³/mol. The van der Waals surface area contributed by atoms with E-state index in [2.05, 4.69) is 41.5 Å². The van der Waals surface area contributed by atoms with Crippen LogP contribution in [0, 0.1) is 34.5 Å². The van der Waals surface area contributed by atoms with Gasteiger partial charge in [-0.3, -0.25) is 0 Å². The molecule has 0 spiro atoms. The molecule has 0 nitrogen and oxygen atoms in total. The fourth-order valence-corrected chi connectivity index (χ4v) is 4.58. The van der Waals surface area contributed by atoms with Gasteiger partial charge in [-0.25, -0.2) is 0 Å². The summed E-state index contributed by atoms with van der Waals surface area (Å²) in [5.41, 5.74) is 1.03. The van der Waals surface area contributed by atoms with Gasteiger partial charge in [-0.2, -0.15) is 0 Å². The number of fused-ring (bicyclic) bond motifs is 6. The molecule has 3 fully saturated rings. The molecule has 0 radical (unpaired) electrons. The summed E-state index contributed by atoms with van der Waals surface area (Å²) in [6.07, 6.45) is 10.5. The van der Waals surface area contributed by atoms with E-state index in [1.165, 1.54) is 44.9 Å². The van der Waals surface area contributed by atoms with Crippen LogP contribution < -0.4 is 0 Å². The molecule has 19 heavy (non-hydrogen) atoms. The van der Waals surface area contributed by atoms with Crippen molar-refractivity contribution in [3.05, 3.63) is 0 Å². The number of hydrogen-bond acceptors (Lipinski definition) is 0. The van der Waals surface area contributed by atoms with Gasteiger partial charge in [0, 0.05) is 0 Å². The van der Waals surface area contributed by atoms with Crippen LogP contribution in [0.2, 0.25) is 0 Å². The van der Waals surface area contributed by atoms with Crippen molar-refractivity contribution in [2.75, 3.05) is 0 Å². The summed E-state index contributed by atoms with van der Waals surface area (Å²) in [4.78, 5) is 0. The Bertz CT molecular complexity index is 246. The van der Waals surface area contributed by atoms with Crippen LogP contribution >= 0.6 is 0 Å². The van der Waals surface area contributed by atoms with E-state index in [4.69, 9.17) is 0 Å². The van der Waals surface area contributed by atoms with Crippen LogP contribution in [0.5, 0.6) is 0 Å². The summed E-state index contributed by atoms with van der Waals surface area (Å²) in [6, 6.07) is 0. The molecule has 0 aliphatic heterocycles. The average molecular weight is 264 g/mol. The van der Waals surface area contributed by atoms with Crippen molar-refractivity contribution < 1.29 is 0 Å². The van der Waals surface area contributed by atoms with Crippen molar-refractivity contribution in [1.29, 1.82) is 0 Å². The highest BCUT2D eigenvalue weighted by Crippen LogP contribution is 2.49. The Balaban J connectivity index is 2.16. The molecular weight excluding hydrogens is 228 g/mol. The highest BCUT2D eigenvalue weighted by atomic mass is 14.4. The maximum Gasteiger partial charge on any atom is -0.0354 e. The number of rotatable bonds is 0. The summed E-state index contributed by atoms with van der Waals surface area (Å²) in [5, 5.41) is 0. The Morgan fingerprint density at radius 2 is 0.895 bits per heavy atom. The van der Waals surface area contributed by atoms with Gasteiger partial charge in [0.15, 0.2) is 0 Å². The van der Waals surface area contributed by atoms with E-state index < -0.39 is 0 Å². The van der Waals surface area contributed by atoms with Crippen molar-refractivity contribution >= 4 is 0 Å². The first-order valence-electron chi connectivity index (χ1n) is 8.66. The first-order valence-corrected chi connectivity index (χ1v) is 8.66. The van der Waals surface area contributed by atoms with Crippen molar-refractivity contribution in [3.63, 3.8) is 0 Å². The third-order valence-corrected chi connectivity index (χ3v) is 6.15. The van der Waals surface area contributed by atoms with Crippen LogP contribution in [0.25, 0.3) is 0 Å². The minimum absolute atomic E-state index is 0.516. The molecule has 0 N–H and O–H groups in total. The van der Waals surface area contributed by atoms with Gasteiger partial charge in [-0.1, -0.05) is 60.8 Å². The Labute approximate surface area is 121 Å². The molecular formula is C19H36. The van der Waals surface area contributed by atoms with Crippen molar-refractivity contribution in [2.45, 2.75) is 86.5 Å². The van der Waals surface area contributed by atoms with Gasteiger partial charge in [0.05, 0.1) is 0 Å². The SMILES string of the molecule is CC(C)(C)C1CC2CCCC(C1)CC(C(C)(C)C)C2. The third kappa shape index (κ3) is 3.99. The van der Waals surface area contributed by atoms with Gasteiger partial charge < -0.3 is 0 Å². The van der Waals surface area contributed by atoms with E-state index in [0.29, 0.717) is 10.8 Å². The summed E-state index contributed by atoms with van der Waals surface area (Å²) in [5.74, 6) is 3.94. The lowest BCUT2D eigenvalue weighted by molar-refractivity contribution is 0.0540. The predicted octanol–water partition coefficient (Wildman–Crippen LogP) is 6.30. The van der Waals surface area contributed by atoms with Gasteiger partial charge in [0.1, 0.15) is 0 Å². The van der Waals surface area contributed by atoms with Crippen LogP contribution in [0.15, 0.2) is 0 Å². The normalized spacial score (nSPS) is 37.6. The molecule has 0 aromatic heterocycles. The lowest BCUT2D eigenvalue weighted by atomic mass is 9.60. The molecule has 2 bridgehead atoms. The lowest BCUT2D eigenvalue weighted by Crippen LogP contribution is -2.35. The molecule has 0 saturated heterocycles. The van der Waals surface area contributed by atoms with Gasteiger partial charge in [0.25, 0.3) is 0 Å². The van der Waals surface area contributed by atoms with E-state index in [-0.39, 0.29) is 0 Å².